The molecule has 2 amide bonds. The lowest BCUT2D eigenvalue weighted by Gasteiger charge is -2.29. The molecule has 1 saturated heterocycles. The number of carboxylic acid groups (broad SMARTS) is 1. The zero-order chi connectivity index (χ0) is 28.9. The predicted molar refractivity (Wildman–Crippen MR) is 152 cm³/mol. The van der Waals surface area contributed by atoms with Crippen LogP contribution in [0.15, 0.2) is 94.5 Å². The topological polar surface area (TPSA) is 142 Å². The molecule has 0 aliphatic carbocycles. The molecule has 1 aliphatic heterocycles. The van der Waals surface area contributed by atoms with Crippen LogP contribution in [0.3, 0.4) is 0 Å². The van der Waals surface area contributed by atoms with Crippen LogP contribution in [0, 0.1) is 0 Å². The smallest absolute Gasteiger partial charge is 0.329 e. The summed E-state index contributed by atoms with van der Waals surface area (Å²) in [5, 5.41) is 12.6. The van der Waals surface area contributed by atoms with E-state index in [-0.39, 0.29) is 24.8 Å². The van der Waals surface area contributed by atoms with E-state index >= 15 is 0 Å². The van der Waals surface area contributed by atoms with Crippen molar-refractivity contribution in [3.8, 4) is 0 Å². The van der Waals surface area contributed by atoms with E-state index in [1.165, 1.54) is 4.90 Å². The van der Waals surface area contributed by atoms with Gasteiger partial charge in [0.2, 0.25) is 11.8 Å². The summed E-state index contributed by atoms with van der Waals surface area (Å²) in [5.74, 6) is -2.32. The number of amides is 2. The van der Waals surface area contributed by atoms with Crippen molar-refractivity contribution in [2.75, 3.05) is 6.54 Å². The predicted octanol–water partition coefficient (Wildman–Crippen LogP) is 2.28. The van der Waals surface area contributed by atoms with Crippen molar-refractivity contribution < 1.29 is 19.5 Å². The number of carboxylic acids is 1. The van der Waals surface area contributed by atoms with E-state index in [0.29, 0.717) is 18.4 Å². The molecule has 0 radical (unpaired) electrons. The summed E-state index contributed by atoms with van der Waals surface area (Å²) in [7, 11) is 0. The van der Waals surface area contributed by atoms with Gasteiger partial charge in [-0.05, 0) is 36.1 Å². The Morgan fingerprint density at radius 1 is 0.878 bits per heavy atom. The number of hydrogen-bond acceptors (Lipinski definition) is 5. The van der Waals surface area contributed by atoms with Gasteiger partial charge >= 0.3 is 11.7 Å². The summed E-state index contributed by atoms with van der Waals surface area (Å²) in [6.07, 6.45) is 0.982. The maximum atomic E-state index is 14.1. The van der Waals surface area contributed by atoms with Crippen LogP contribution in [-0.2, 0) is 27.2 Å². The molecule has 0 saturated carbocycles. The number of H-pyrrole nitrogens is 1. The van der Waals surface area contributed by atoms with Gasteiger partial charge in [0.25, 0.3) is 5.56 Å². The average molecular weight is 555 g/mol. The fourth-order valence-corrected chi connectivity index (χ4v) is 5.40. The molecule has 0 bridgehead atoms. The van der Waals surface area contributed by atoms with Crippen LogP contribution < -0.4 is 16.6 Å². The number of aliphatic carboxylic acids is 1. The second kappa shape index (κ2) is 12.0. The molecular formula is C31H30N4O6. The van der Waals surface area contributed by atoms with Crippen molar-refractivity contribution in [1.29, 1.82) is 0 Å². The molecule has 10 heteroatoms. The van der Waals surface area contributed by atoms with E-state index in [9.17, 15) is 29.1 Å². The zero-order valence-corrected chi connectivity index (χ0v) is 22.2. The second-order valence-electron chi connectivity index (χ2n) is 10.1. The molecular weight excluding hydrogens is 524 g/mol. The first-order valence-corrected chi connectivity index (χ1v) is 13.5. The van der Waals surface area contributed by atoms with Crippen LogP contribution in [0.4, 0.5) is 0 Å². The number of carbonyl (C=O) groups is 3. The summed E-state index contributed by atoms with van der Waals surface area (Å²) in [6.45, 7) is 0.235. The quantitative estimate of drug-likeness (QED) is 0.290. The van der Waals surface area contributed by atoms with Gasteiger partial charge in [0, 0.05) is 19.4 Å². The van der Waals surface area contributed by atoms with Crippen LogP contribution in [0.1, 0.15) is 30.0 Å². The van der Waals surface area contributed by atoms with Crippen molar-refractivity contribution in [3.63, 3.8) is 0 Å². The molecule has 1 aromatic heterocycles. The van der Waals surface area contributed by atoms with Gasteiger partial charge in [0.1, 0.15) is 18.1 Å². The Hall–Kier alpha value is -4.99. The fraction of sp³-hybridized carbons (Fsp3) is 0.258. The number of carbonyl (C=O) groups excluding carboxylic acids is 2. The van der Waals surface area contributed by atoms with Crippen LogP contribution in [-0.4, -0.2) is 56.0 Å². The largest absolute Gasteiger partial charge is 0.480 e. The van der Waals surface area contributed by atoms with E-state index < -0.39 is 47.2 Å². The van der Waals surface area contributed by atoms with Gasteiger partial charge in [-0.3, -0.25) is 14.4 Å². The van der Waals surface area contributed by atoms with Crippen molar-refractivity contribution in [1.82, 2.24) is 19.8 Å². The number of aromatic amines is 1. The molecule has 210 valence electrons. The minimum atomic E-state index is -1.22. The highest BCUT2D eigenvalue weighted by Gasteiger charge is 2.40. The van der Waals surface area contributed by atoms with E-state index in [0.717, 1.165) is 15.7 Å². The molecule has 3 aromatic carbocycles. The third-order valence-electron chi connectivity index (χ3n) is 7.44. The van der Waals surface area contributed by atoms with Gasteiger partial charge < -0.3 is 20.3 Å². The Morgan fingerprint density at radius 2 is 1.49 bits per heavy atom. The first-order chi connectivity index (χ1) is 19.8. The second-order valence-corrected chi connectivity index (χ2v) is 10.1. The molecule has 41 heavy (non-hydrogen) atoms. The Labute approximate surface area is 235 Å². The summed E-state index contributed by atoms with van der Waals surface area (Å²) >= 11 is 0. The van der Waals surface area contributed by atoms with Gasteiger partial charge in [-0.25, -0.2) is 14.2 Å². The van der Waals surface area contributed by atoms with Crippen LogP contribution >= 0.6 is 0 Å². The summed E-state index contributed by atoms with van der Waals surface area (Å²) in [6, 6.07) is 21.2. The fourth-order valence-electron chi connectivity index (χ4n) is 5.40. The van der Waals surface area contributed by atoms with Gasteiger partial charge in [-0.1, -0.05) is 72.8 Å². The first kappa shape index (κ1) is 27.6. The molecule has 1 aliphatic rings. The summed E-state index contributed by atoms with van der Waals surface area (Å²) in [4.78, 5) is 70.3. The van der Waals surface area contributed by atoms with Crippen molar-refractivity contribution >= 4 is 28.7 Å². The number of aromatic nitrogens is 2. The van der Waals surface area contributed by atoms with Crippen molar-refractivity contribution in [3.05, 3.63) is 117 Å². The van der Waals surface area contributed by atoms with Crippen LogP contribution in [0.5, 0.6) is 0 Å². The Morgan fingerprint density at radius 3 is 2.15 bits per heavy atom. The number of nitrogens with zero attached hydrogens (tertiary/aromatic N) is 2. The molecule has 0 spiro atoms. The van der Waals surface area contributed by atoms with E-state index in [1.807, 2.05) is 12.1 Å². The SMILES string of the molecule is O=C(O)C(Cc1ccccc1)NC(=O)C1CCCN1C(=O)C(Cc1ccccc1)n1c(=O)[nH]c2ccccc2c1=O. The molecule has 10 nitrogen and oxygen atoms in total. The number of rotatable bonds is 9. The first-order valence-electron chi connectivity index (χ1n) is 13.5. The molecule has 3 atom stereocenters. The lowest BCUT2D eigenvalue weighted by molar-refractivity contribution is -0.144. The number of hydrogen-bond donors (Lipinski definition) is 3. The zero-order valence-electron chi connectivity index (χ0n) is 22.2. The van der Waals surface area contributed by atoms with Crippen molar-refractivity contribution in [2.45, 2.75) is 43.8 Å². The third kappa shape index (κ3) is 5.96. The van der Waals surface area contributed by atoms with Gasteiger partial charge in [0.05, 0.1) is 10.9 Å². The van der Waals surface area contributed by atoms with Gasteiger partial charge in [-0.15, -0.1) is 0 Å². The molecule has 5 rings (SSSR count). The number of fused-ring (bicyclic) bond motifs is 1. The maximum Gasteiger partial charge on any atom is 0.329 e. The lowest BCUT2D eigenvalue weighted by atomic mass is 10.0. The highest BCUT2D eigenvalue weighted by Crippen LogP contribution is 2.24. The summed E-state index contributed by atoms with van der Waals surface area (Å²) in [5.41, 5.74) is 0.516. The van der Waals surface area contributed by atoms with Gasteiger partial charge in [-0.2, -0.15) is 0 Å². The highest BCUT2D eigenvalue weighted by atomic mass is 16.4. The van der Waals surface area contributed by atoms with Crippen LogP contribution in [0.2, 0.25) is 0 Å². The molecule has 2 heterocycles. The van der Waals surface area contributed by atoms with E-state index in [2.05, 4.69) is 10.3 Å². The van der Waals surface area contributed by atoms with Crippen molar-refractivity contribution in [2.24, 2.45) is 0 Å². The average Bonchev–Trinajstić information content (AvgIpc) is 3.47. The Balaban J connectivity index is 1.46. The highest BCUT2D eigenvalue weighted by molar-refractivity contribution is 5.92. The molecule has 3 N–H and O–H groups in total. The van der Waals surface area contributed by atoms with E-state index in [1.54, 1.807) is 72.8 Å². The Kier molecular flexibility index (Phi) is 8.09. The minimum absolute atomic E-state index is 0.0532. The number of nitrogens with one attached hydrogen (secondary N) is 2. The maximum absolute atomic E-state index is 14.1. The Bertz CT molecular complexity index is 1680. The molecule has 3 unspecified atom stereocenters. The molecule has 1 fully saturated rings. The normalized spacial score (nSPS) is 16.3. The monoisotopic (exact) mass is 554 g/mol. The minimum Gasteiger partial charge on any atom is -0.480 e. The van der Waals surface area contributed by atoms with Gasteiger partial charge in [0.15, 0.2) is 0 Å². The standard InChI is InChI=1S/C31H30N4O6/c36-27(32-24(30(39)40)18-20-10-3-1-4-11-20)25-16-9-17-34(25)29(38)26(19-21-12-5-2-6-13-21)35-28(37)22-14-7-8-15-23(22)33-31(35)41/h1-8,10-15,24-26H,9,16-19H2,(H,32,36)(H,33,41)(H,39,40). The summed E-state index contributed by atoms with van der Waals surface area (Å²) < 4.78 is 0.931. The number of likely N-dealkylation sites (tertiary alicyclic amines) is 1. The van der Waals surface area contributed by atoms with Crippen LogP contribution in [0.25, 0.3) is 10.9 Å². The third-order valence-corrected chi connectivity index (χ3v) is 7.44. The number of para-hydroxylation sites is 1. The number of benzene rings is 3. The molecule has 4 aromatic rings. The lowest BCUT2D eigenvalue weighted by Crippen LogP contribution is -2.54. The van der Waals surface area contributed by atoms with E-state index in [4.69, 9.17) is 0 Å².